The van der Waals surface area contributed by atoms with Gasteiger partial charge in [-0.05, 0) is 71.3 Å². The molecule has 5 rings (SSSR count). The fourth-order valence-corrected chi connectivity index (χ4v) is 3.75. The zero-order valence-corrected chi connectivity index (χ0v) is 18.0. The first-order chi connectivity index (χ1) is 16.5. The van der Waals surface area contributed by atoms with Gasteiger partial charge in [0.2, 0.25) is 5.88 Å². The number of fused-ring (bicyclic) bond motifs is 1. The summed E-state index contributed by atoms with van der Waals surface area (Å²) in [7, 11) is 0. The summed E-state index contributed by atoms with van der Waals surface area (Å²) in [5.41, 5.74) is 3.86. The highest BCUT2D eigenvalue weighted by molar-refractivity contribution is 5.87. The van der Waals surface area contributed by atoms with Gasteiger partial charge in [0.25, 0.3) is 0 Å². The number of phenolic OH excluding ortho intramolecular Hbond substituents is 1. The minimum absolute atomic E-state index is 0.00543. The van der Waals surface area contributed by atoms with Gasteiger partial charge in [-0.25, -0.2) is 14.4 Å². The maximum absolute atomic E-state index is 13.3. The molecule has 0 amide bonds. The maximum Gasteiger partial charge on any atom is 0.231 e. The number of Topliss-reactive ketones (excluding diaryl/α,β-unsaturated/α-hetero) is 1. The van der Waals surface area contributed by atoms with Gasteiger partial charge in [0, 0.05) is 18.5 Å². The number of nitrogens with zero attached hydrogens (tertiary/aromatic N) is 2. The Labute approximate surface area is 194 Å². The van der Waals surface area contributed by atoms with Crippen LogP contribution in [0.4, 0.5) is 4.39 Å². The molecular formula is C27H20FN3O3. The zero-order valence-electron chi connectivity index (χ0n) is 18.0. The molecule has 0 aliphatic rings. The first-order valence-corrected chi connectivity index (χ1v) is 10.7. The number of ketones is 1. The molecule has 0 aliphatic heterocycles. The molecule has 7 heteroatoms. The first kappa shape index (κ1) is 21.3. The van der Waals surface area contributed by atoms with E-state index in [-0.39, 0.29) is 30.2 Å². The molecule has 0 aliphatic carbocycles. The number of hydrogen-bond acceptors (Lipinski definition) is 5. The van der Waals surface area contributed by atoms with Crippen LogP contribution in [0.15, 0.2) is 85.2 Å². The summed E-state index contributed by atoms with van der Waals surface area (Å²) < 4.78 is 19.3. The lowest BCUT2D eigenvalue weighted by Gasteiger charge is -2.07. The number of halogens is 1. The quantitative estimate of drug-likeness (QED) is 0.334. The molecule has 0 bridgehead atoms. The Morgan fingerprint density at radius 3 is 2.44 bits per heavy atom. The summed E-state index contributed by atoms with van der Waals surface area (Å²) in [5, 5.41) is 10.2. The van der Waals surface area contributed by atoms with Gasteiger partial charge in [0.05, 0.1) is 5.39 Å². The summed E-state index contributed by atoms with van der Waals surface area (Å²) in [6.45, 7) is 0. The van der Waals surface area contributed by atoms with E-state index in [1.54, 1.807) is 36.4 Å². The second-order valence-corrected chi connectivity index (χ2v) is 7.94. The van der Waals surface area contributed by atoms with Crippen molar-refractivity contribution in [2.24, 2.45) is 0 Å². The number of H-pyrrole nitrogens is 1. The number of aromatic amines is 1. The normalized spacial score (nSPS) is 11.0. The van der Waals surface area contributed by atoms with Crippen LogP contribution in [0, 0.1) is 5.82 Å². The predicted molar refractivity (Wildman–Crippen MR) is 126 cm³/mol. The van der Waals surface area contributed by atoms with Crippen molar-refractivity contribution >= 4 is 16.8 Å². The molecule has 0 fully saturated rings. The number of hydrogen-bond donors (Lipinski definition) is 2. The summed E-state index contributed by atoms with van der Waals surface area (Å²) in [4.78, 5) is 24.2. The highest BCUT2D eigenvalue weighted by atomic mass is 19.1. The second-order valence-electron chi connectivity index (χ2n) is 7.94. The van der Waals surface area contributed by atoms with Crippen molar-refractivity contribution in [1.82, 2.24) is 15.0 Å². The smallest absolute Gasteiger partial charge is 0.231 e. The van der Waals surface area contributed by atoms with Gasteiger partial charge in [-0.1, -0.05) is 24.3 Å². The Morgan fingerprint density at radius 1 is 0.912 bits per heavy atom. The molecule has 168 valence electrons. The number of aromatic nitrogens is 3. The van der Waals surface area contributed by atoms with Crippen LogP contribution < -0.4 is 4.74 Å². The summed E-state index contributed by atoms with van der Waals surface area (Å²) >= 11 is 0. The molecule has 6 nitrogen and oxygen atoms in total. The van der Waals surface area contributed by atoms with Crippen molar-refractivity contribution in [3.63, 3.8) is 0 Å². The maximum atomic E-state index is 13.3. The SMILES string of the molecule is O=C(Cc1ccc(Oc2ncnc3[nH]c(-c4ccc(O)cc4)cc23)cc1)Cc1cccc(F)c1. The second kappa shape index (κ2) is 9.15. The van der Waals surface area contributed by atoms with E-state index in [1.165, 1.54) is 18.5 Å². The molecule has 2 aromatic heterocycles. The molecule has 0 unspecified atom stereocenters. The lowest BCUT2D eigenvalue weighted by molar-refractivity contribution is -0.117. The molecule has 0 atom stereocenters. The molecule has 0 spiro atoms. The van der Waals surface area contributed by atoms with Crippen LogP contribution in [0.1, 0.15) is 11.1 Å². The Bertz CT molecular complexity index is 1460. The Morgan fingerprint density at radius 2 is 1.68 bits per heavy atom. The van der Waals surface area contributed by atoms with Crippen LogP contribution >= 0.6 is 0 Å². The third kappa shape index (κ3) is 4.78. The van der Waals surface area contributed by atoms with E-state index in [0.717, 1.165) is 22.2 Å². The third-order valence-corrected chi connectivity index (χ3v) is 5.40. The molecule has 34 heavy (non-hydrogen) atoms. The topological polar surface area (TPSA) is 88.1 Å². The number of ether oxygens (including phenoxy) is 1. The van der Waals surface area contributed by atoms with Crippen LogP contribution in [0.25, 0.3) is 22.3 Å². The van der Waals surface area contributed by atoms with E-state index in [1.807, 2.05) is 30.3 Å². The predicted octanol–water partition coefficient (Wildman–Crippen LogP) is 5.62. The fourth-order valence-electron chi connectivity index (χ4n) is 3.75. The minimum atomic E-state index is -0.344. The number of aromatic hydroxyl groups is 1. The van der Waals surface area contributed by atoms with E-state index in [2.05, 4.69) is 15.0 Å². The molecule has 2 heterocycles. The van der Waals surface area contributed by atoms with Gasteiger partial charge < -0.3 is 14.8 Å². The van der Waals surface area contributed by atoms with Gasteiger partial charge in [-0.15, -0.1) is 0 Å². The van der Waals surface area contributed by atoms with Crippen LogP contribution in [0.5, 0.6) is 17.4 Å². The van der Waals surface area contributed by atoms with Gasteiger partial charge >= 0.3 is 0 Å². The third-order valence-electron chi connectivity index (χ3n) is 5.40. The number of nitrogens with one attached hydrogen (secondary N) is 1. The fraction of sp³-hybridized carbons (Fsp3) is 0.0741. The summed E-state index contributed by atoms with van der Waals surface area (Å²) in [6, 6.07) is 22.1. The van der Waals surface area contributed by atoms with Crippen molar-refractivity contribution in [2.75, 3.05) is 0 Å². The number of rotatable bonds is 7. The Balaban J connectivity index is 1.29. The first-order valence-electron chi connectivity index (χ1n) is 10.7. The molecule has 0 saturated heterocycles. The minimum Gasteiger partial charge on any atom is -0.508 e. The van der Waals surface area contributed by atoms with Gasteiger partial charge in [-0.2, -0.15) is 0 Å². The number of carbonyl (C=O) groups excluding carboxylic acids is 1. The van der Waals surface area contributed by atoms with E-state index in [9.17, 15) is 14.3 Å². The van der Waals surface area contributed by atoms with E-state index >= 15 is 0 Å². The lowest BCUT2D eigenvalue weighted by atomic mass is 10.0. The average molecular weight is 453 g/mol. The van der Waals surface area contributed by atoms with Crippen LogP contribution in [-0.2, 0) is 17.6 Å². The average Bonchev–Trinajstić information content (AvgIpc) is 3.26. The Kier molecular flexibility index (Phi) is 5.74. The van der Waals surface area contributed by atoms with E-state index < -0.39 is 0 Å². The number of benzene rings is 3. The van der Waals surface area contributed by atoms with E-state index in [0.29, 0.717) is 22.8 Å². The van der Waals surface area contributed by atoms with Crippen LogP contribution in [-0.4, -0.2) is 25.8 Å². The van der Waals surface area contributed by atoms with Crippen LogP contribution in [0.2, 0.25) is 0 Å². The van der Waals surface area contributed by atoms with Gasteiger partial charge in [-0.3, -0.25) is 4.79 Å². The monoisotopic (exact) mass is 453 g/mol. The molecular weight excluding hydrogens is 433 g/mol. The van der Waals surface area contributed by atoms with Crippen LogP contribution in [0.3, 0.4) is 0 Å². The van der Waals surface area contributed by atoms with Crippen molar-refractivity contribution in [1.29, 1.82) is 0 Å². The standard InChI is InChI=1S/C27H20FN3O3/c28-20-3-1-2-18(12-20)14-22(33)13-17-4-10-23(11-5-17)34-27-24-15-25(31-26(24)29-16-30-27)19-6-8-21(32)9-7-19/h1-12,15-16,32H,13-14H2,(H,29,30,31). The number of phenols is 1. The van der Waals surface area contributed by atoms with Crippen molar-refractivity contribution in [2.45, 2.75) is 12.8 Å². The largest absolute Gasteiger partial charge is 0.508 e. The summed E-state index contributed by atoms with van der Waals surface area (Å²) in [6.07, 6.45) is 1.86. The van der Waals surface area contributed by atoms with Crippen molar-refractivity contribution in [3.8, 4) is 28.6 Å². The highest BCUT2D eigenvalue weighted by Crippen LogP contribution is 2.31. The highest BCUT2D eigenvalue weighted by Gasteiger charge is 2.12. The van der Waals surface area contributed by atoms with E-state index in [4.69, 9.17) is 4.74 Å². The zero-order chi connectivity index (χ0) is 23.5. The molecule has 0 radical (unpaired) electrons. The molecule has 0 saturated carbocycles. The Hall–Kier alpha value is -4.52. The lowest BCUT2D eigenvalue weighted by Crippen LogP contribution is -2.06. The molecule has 3 aromatic carbocycles. The van der Waals surface area contributed by atoms with Gasteiger partial charge in [0.15, 0.2) is 0 Å². The van der Waals surface area contributed by atoms with Gasteiger partial charge in [0.1, 0.15) is 35.1 Å². The van der Waals surface area contributed by atoms with Crippen molar-refractivity contribution < 1.29 is 19.0 Å². The van der Waals surface area contributed by atoms with Crippen molar-refractivity contribution in [3.05, 3.63) is 102 Å². The molecule has 5 aromatic rings. The molecule has 2 N–H and O–H groups in total. The number of carbonyl (C=O) groups is 1. The summed E-state index contributed by atoms with van der Waals surface area (Å²) in [5.74, 6) is 0.840.